The first-order valence-electron chi connectivity index (χ1n) is 7.95. The predicted octanol–water partition coefficient (Wildman–Crippen LogP) is 2.92. The van der Waals surface area contributed by atoms with Gasteiger partial charge < -0.3 is 10.2 Å². The molecule has 5 heteroatoms. The van der Waals surface area contributed by atoms with Crippen LogP contribution in [0, 0.1) is 18.2 Å². The summed E-state index contributed by atoms with van der Waals surface area (Å²) in [6.45, 7) is 0.357. The fraction of sp³-hybridized carbons (Fsp3) is 0.200. The van der Waals surface area contributed by atoms with E-state index < -0.39 is 0 Å². The molecule has 1 amide bonds. The van der Waals surface area contributed by atoms with Gasteiger partial charge in [-0.2, -0.15) is 0 Å². The number of halogens is 1. The van der Waals surface area contributed by atoms with Crippen LogP contribution in [0.1, 0.15) is 27.9 Å². The molecular formula is C20H17FN2O2. The topological polar surface area (TPSA) is 50.7 Å². The van der Waals surface area contributed by atoms with Crippen LogP contribution >= 0.6 is 0 Å². The molecule has 1 heterocycles. The fourth-order valence-electron chi connectivity index (χ4n) is 2.60. The summed E-state index contributed by atoms with van der Waals surface area (Å²) >= 11 is 0. The van der Waals surface area contributed by atoms with Crippen LogP contribution < -0.4 is 5.32 Å². The van der Waals surface area contributed by atoms with E-state index >= 15 is 0 Å². The lowest BCUT2D eigenvalue weighted by Gasteiger charge is -2.10. The molecule has 3 rings (SSSR count). The van der Waals surface area contributed by atoms with E-state index in [0.29, 0.717) is 30.5 Å². The third kappa shape index (κ3) is 4.45. The Balaban J connectivity index is 1.48. The predicted molar refractivity (Wildman–Crippen MR) is 93.7 cm³/mol. The van der Waals surface area contributed by atoms with Crippen LogP contribution in [0.25, 0.3) is 0 Å². The normalized spacial score (nSPS) is 15.8. The molecule has 0 fully saturated rings. The number of rotatable bonds is 5. The van der Waals surface area contributed by atoms with Gasteiger partial charge in [-0.25, -0.2) is 4.39 Å². The molecule has 1 aliphatic heterocycles. The maximum absolute atomic E-state index is 12.9. The number of terminal acetylenes is 1. The van der Waals surface area contributed by atoms with Crippen LogP contribution in [0.4, 0.5) is 4.39 Å². The molecule has 0 aliphatic carbocycles. The minimum atomic E-state index is -0.261. The molecule has 2 aromatic rings. The zero-order chi connectivity index (χ0) is 17.6. The van der Waals surface area contributed by atoms with Crippen molar-refractivity contribution < 1.29 is 14.0 Å². The molecule has 0 saturated carbocycles. The lowest BCUT2D eigenvalue weighted by Crippen LogP contribution is -2.32. The Morgan fingerprint density at radius 2 is 2.12 bits per heavy atom. The minimum Gasteiger partial charge on any atom is -0.390 e. The second-order valence-electron chi connectivity index (χ2n) is 5.83. The largest absolute Gasteiger partial charge is 0.390 e. The molecule has 0 radical (unpaired) electrons. The Labute approximate surface area is 145 Å². The molecule has 1 atom stereocenters. The second kappa shape index (κ2) is 7.63. The van der Waals surface area contributed by atoms with E-state index in [2.05, 4.69) is 16.4 Å². The highest BCUT2D eigenvalue weighted by atomic mass is 19.1. The number of carbonyl (C=O) groups is 1. The average Bonchev–Trinajstić information content (AvgIpc) is 3.09. The highest BCUT2D eigenvalue weighted by molar-refractivity contribution is 5.94. The Bertz CT molecular complexity index is 838. The van der Waals surface area contributed by atoms with Gasteiger partial charge in [0.1, 0.15) is 11.9 Å². The van der Waals surface area contributed by atoms with Crippen LogP contribution in [0.3, 0.4) is 0 Å². The molecule has 126 valence electrons. The van der Waals surface area contributed by atoms with E-state index in [9.17, 15) is 9.18 Å². The SMILES string of the molecule is C#Cc1cccc(C(=O)NC[C@H]2CC(Cc3ccc(F)cc3)=NO2)c1. The lowest BCUT2D eigenvalue weighted by molar-refractivity contribution is 0.0753. The van der Waals surface area contributed by atoms with Gasteiger partial charge in [0, 0.05) is 24.0 Å². The van der Waals surface area contributed by atoms with Crippen molar-refractivity contribution in [2.75, 3.05) is 6.54 Å². The minimum absolute atomic E-state index is 0.199. The van der Waals surface area contributed by atoms with Crippen molar-refractivity contribution >= 4 is 11.6 Å². The first-order chi connectivity index (χ1) is 12.1. The molecular weight excluding hydrogens is 319 g/mol. The molecule has 0 bridgehead atoms. The molecule has 1 N–H and O–H groups in total. The van der Waals surface area contributed by atoms with E-state index in [1.54, 1.807) is 36.4 Å². The van der Waals surface area contributed by atoms with E-state index in [4.69, 9.17) is 11.3 Å². The lowest BCUT2D eigenvalue weighted by atomic mass is 10.0. The van der Waals surface area contributed by atoms with Gasteiger partial charge >= 0.3 is 0 Å². The second-order valence-corrected chi connectivity index (χ2v) is 5.83. The Kier molecular flexibility index (Phi) is 5.10. The van der Waals surface area contributed by atoms with Gasteiger partial charge in [0.15, 0.2) is 0 Å². The van der Waals surface area contributed by atoms with E-state index in [-0.39, 0.29) is 17.8 Å². The number of nitrogens with zero attached hydrogens (tertiary/aromatic N) is 1. The van der Waals surface area contributed by atoms with Crippen molar-refractivity contribution in [1.82, 2.24) is 5.32 Å². The smallest absolute Gasteiger partial charge is 0.251 e. The molecule has 0 spiro atoms. The van der Waals surface area contributed by atoms with E-state index in [1.807, 2.05) is 0 Å². The summed E-state index contributed by atoms with van der Waals surface area (Å²) < 4.78 is 12.9. The molecule has 25 heavy (non-hydrogen) atoms. The van der Waals surface area contributed by atoms with Gasteiger partial charge in [0.05, 0.1) is 12.3 Å². The summed E-state index contributed by atoms with van der Waals surface area (Å²) in [5.41, 5.74) is 3.02. The molecule has 2 aromatic carbocycles. The Morgan fingerprint density at radius 3 is 2.88 bits per heavy atom. The standard InChI is InChI=1S/C20H17FN2O2/c1-2-14-4-3-5-16(10-14)20(24)22-13-19-12-18(23-25-19)11-15-6-8-17(21)9-7-15/h1,3-10,19H,11-13H2,(H,22,24)/t19-/m1/s1. The molecule has 4 nitrogen and oxygen atoms in total. The average molecular weight is 336 g/mol. The third-order valence-corrected chi connectivity index (χ3v) is 3.90. The van der Waals surface area contributed by atoms with Crippen molar-refractivity contribution in [3.63, 3.8) is 0 Å². The van der Waals surface area contributed by atoms with Gasteiger partial charge in [-0.3, -0.25) is 4.79 Å². The summed E-state index contributed by atoms with van der Waals surface area (Å²) in [6.07, 6.45) is 6.38. The molecule has 0 saturated heterocycles. The Hall–Kier alpha value is -3.13. The van der Waals surface area contributed by atoms with Gasteiger partial charge in [-0.15, -0.1) is 6.42 Å². The van der Waals surface area contributed by atoms with Crippen molar-refractivity contribution in [3.8, 4) is 12.3 Å². The number of hydrogen-bond acceptors (Lipinski definition) is 3. The number of carbonyl (C=O) groups excluding carboxylic acids is 1. The van der Waals surface area contributed by atoms with Gasteiger partial charge in [-0.1, -0.05) is 29.3 Å². The van der Waals surface area contributed by atoms with E-state index in [1.165, 1.54) is 12.1 Å². The summed E-state index contributed by atoms with van der Waals surface area (Å²) in [5, 5.41) is 6.89. The molecule has 1 aliphatic rings. The third-order valence-electron chi connectivity index (χ3n) is 3.90. The number of benzene rings is 2. The number of hydrogen-bond donors (Lipinski definition) is 1. The quantitative estimate of drug-likeness (QED) is 0.854. The number of amides is 1. The molecule has 0 aromatic heterocycles. The summed E-state index contributed by atoms with van der Waals surface area (Å²) in [6, 6.07) is 13.2. The monoisotopic (exact) mass is 336 g/mol. The van der Waals surface area contributed by atoms with Crippen molar-refractivity contribution in [2.24, 2.45) is 5.16 Å². The fourth-order valence-corrected chi connectivity index (χ4v) is 2.60. The maximum Gasteiger partial charge on any atom is 0.251 e. The van der Waals surface area contributed by atoms with Crippen molar-refractivity contribution in [3.05, 3.63) is 71.0 Å². The highest BCUT2D eigenvalue weighted by Gasteiger charge is 2.22. The zero-order valence-electron chi connectivity index (χ0n) is 13.5. The molecule has 0 unspecified atom stereocenters. The van der Waals surface area contributed by atoms with Crippen LogP contribution in [-0.4, -0.2) is 24.3 Å². The van der Waals surface area contributed by atoms with E-state index in [0.717, 1.165) is 11.3 Å². The first-order valence-corrected chi connectivity index (χ1v) is 7.95. The summed E-state index contributed by atoms with van der Waals surface area (Å²) in [7, 11) is 0. The van der Waals surface area contributed by atoms with Crippen molar-refractivity contribution in [2.45, 2.75) is 18.9 Å². The number of oxime groups is 1. The summed E-state index contributed by atoms with van der Waals surface area (Å²) in [4.78, 5) is 17.5. The van der Waals surface area contributed by atoms with Crippen LogP contribution in [0.5, 0.6) is 0 Å². The van der Waals surface area contributed by atoms with Crippen LogP contribution in [-0.2, 0) is 11.3 Å². The van der Waals surface area contributed by atoms with Gasteiger partial charge in [0.2, 0.25) is 0 Å². The van der Waals surface area contributed by atoms with Gasteiger partial charge in [0.25, 0.3) is 5.91 Å². The van der Waals surface area contributed by atoms with Gasteiger partial charge in [-0.05, 0) is 35.9 Å². The Morgan fingerprint density at radius 1 is 1.32 bits per heavy atom. The highest BCUT2D eigenvalue weighted by Crippen LogP contribution is 2.15. The number of nitrogens with one attached hydrogen (secondary N) is 1. The van der Waals surface area contributed by atoms with Crippen LogP contribution in [0.15, 0.2) is 53.7 Å². The van der Waals surface area contributed by atoms with Crippen LogP contribution in [0.2, 0.25) is 0 Å². The maximum atomic E-state index is 12.9. The van der Waals surface area contributed by atoms with Crippen molar-refractivity contribution in [1.29, 1.82) is 0 Å². The first kappa shape index (κ1) is 16.7. The summed E-state index contributed by atoms with van der Waals surface area (Å²) in [5.74, 6) is 2.04. The zero-order valence-corrected chi connectivity index (χ0v) is 13.5.